The van der Waals surface area contributed by atoms with E-state index < -0.39 is 5.60 Å². The predicted octanol–water partition coefficient (Wildman–Crippen LogP) is 3.88. The van der Waals surface area contributed by atoms with Gasteiger partial charge >= 0.3 is 5.97 Å². The Kier molecular flexibility index (Phi) is 5.83. The Morgan fingerprint density at radius 3 is 2.43 bits per heavy atom. The summed E-state index contributed by atoms with van der Waals surface area (Å²) in [4.78, 5) is 11.8. The van der Waals surface area contributed by atoms with Gasteiger partial charge in [-0.15, -0.1) is 0 Å². The molecule has 4 heteroatoms. The summed E-state index contributed by atoms with van der Waals surface area (Å²) in [5.41, 5.74) is 5.36. The van der Waals surface area contributed by atoms with Gasteiger partial charge in [0.1, 0.15) is 5.60 Å². The molecule has 0 amide bonds. The quantitative estimate of drug-likeness (QED) is 0.459. The van der Waals surface area contributed by atoms with E-state index in [-0.39, 0.29) is 11.4 Å². The molecule has 0 aromatic carbocycles. The Hall–Kier alpha value is -1.06. The van der Waals surface area contributed by atoms with Crippen LogP contribution in [0.3, 0.4) is 0 Å². The highest BCUT2D eigenvalue weighted by atomic mass is 16.6. The summed E-state index contributed by atoms with van der Waals surface area (Å²) in [6.07, 6.45) is 5.45. The van der Waals surface area contributed by atoms with Crippen LogP contribution in [0.25, 0.3) is 0 Å². The minimum Gasteiger partial charge on any atom is -0.460 e. The van der Waals surface area contributed by atoms with Gasteiger partial charge in [-0.1, -0.05) is 20.3 Å². The van der Waals surface area contributed by atoms with Gasteiger partial charge in [-0.05, 0) is 57.3 Å². The number of amidine groups is 1. The lowest BCUT2D eigenvalue weighted by molar-refractivity contribution is -0.155. The number of carbonyl (C=O) groups excluding carboxylic acids is 1. The molecule has 21 heavy (non-hydrogen) atoms. The maximum Gasteiger partial charge on any atom is 0.306 e. The number of nitrogens with one attached hydrogen (secondary N) is 1. The first-order valence-electron chi connectivity index (χ1n) is 8.04. The maximum absolute atomic E-state index is 11.8. The van der Waals surface area contributed by atoms with Crippen molar-refractivity contribution in [3.8, 4) is 0 Å². The zero-order chi connectivity index (χ0) is 16.3. The van der Waals surface area contributed by atoms with Gasteiger partial charge in [0.05, 0.1) is 5.84 Å². The molecule has 122 valence electrons. The molecule has 0 spiro atoms. The molecule has 0 radical (unpaired) electrons. The molecule has 2 atom stereocenters. The van der Waals surface area contributed by atoms with Crippen LogP contribution in [0.5, 0.6) is 0 Å². The first-order valence-corrected chi connectivity index (χ1v) is 8.04. The number of hydrogen-bond donors (Lipinski definition) is 2. The molecule has 1 fully saturated rings. The van der Waals surface area contributed by atoms with Crippen LogP contribution in [0, 0.1) is 22.7 Å². The third-order valence-corrected chi connectivity index (χ3v) is 4.49. The second-order valence-electron chi connectivity index (χ2n) is 8.19. The summed E-state index contributed by atoms with van der Waals surface area (Å²) < 4.78 is 5.37. The molecule has 0 aromatic heterocycles. The van der Waals surface area contributed by atoms with Crippen molar-refractivity contribution in [3.63, 3.8) is 0 Å². The van der Waals surface area contributed by atoms with Gasteiger partial charge in [0.15, 0.2) is 0 Å². The van der Waals surface area contributed by atoms with Crippen LogP contribution in [-0.2, 0) is 9.53 Å². The van der Waals surface area contributed by atoms with Crippen molar-refractivity contribution in [1.29, 1.82) is 5.41 Å². The van der Waals surface area contributed by atoms with E-state index in [2.05, 4.69) is 13.8 Å². The third kappa shape index (κ3) is 6.49. The minimum atomic E-state index is -0.393. The van der Waals surface area contributed by atoms with Gasteiger partial charge in [-0.25, -0.2) is 0 Å². The molecule has 1 saturated carbocycles. The number of esters is 1. The number of hydrogen-bond acceptors (Lipinski definition) is 3. The van der Waals surface area contributed by atoms with E-state index in [1.165, 1.54) is 0 Å². The highest BCUT2D eigenvalue weighted by Crippen LogP contribution is 2.46. The maximum atomic E-state index is 11.8. The van der Waals surface area contributed by atoms with Crippen molar-refractivity contribution < 1.29 is 9.53 Å². The largest absolute Gasteiger partial charge is 0.460 e. The van der Waals surface area contributed by atoms with Crippen LogP contribution in [0.4, 0.5) is 0 Å². The first kappa shape index (κ1) is 18.0. The molecule has 1 rings (SSSR count). The lowest BCUT2D eigenvalue weighted by atomic mass is 9.63. The summed E-state index contributed by atoms with van der Waals surface area (Å²) >= 11 is 0. The average Bonchev–Trinajstić information content (AvgIpc) is 2.26. The van der Waals surface area contributed by atoms with Crippen LogP contribution in [-0.4, -0.2) is 17.4 Å². The Balaban J connectivity index is 2.43. The van der Waals surface area contributed by atoms with Crippen molar-refractivity contribution in [2.75, 3.05) is 0 Å². The zero-order valence-corrected chi connectivity index (χ0v) is 14.3. The molecular formula is C17H32N2O2. The Bertz CT molecular complexity index is 383. The molecule has 4 nitrogen and oxygen atoms in total. The third-order valence-electron chi connectivity index (χ3n) is 4.49. The summed E-state index contributed by atoms with van der Waals surface area (Å²) in [6.45, 7) is 10.2. The van der Waals surface area contributed by atoms with Crippen LogP contribution in [0.2, 0.25) is 0 Å². The van der Waals surface area contributed by atoms with Gasteiger partial charge < -0.3 is 10.5 Å². The van der Waals surface area contributed by atoms with Crippen LogP contribution in [0.15, 0.2) is 0 Å². The molecule has 2 unspecified atom stereocenters. The fraction of sp³-hybridized carbons (Fsp3) is 0.882. The van der Waals surface area contributed by atoms with Crippen molar-refractivity contribution >= 4 is 11.8 Å². The molecule has 0 saturated heterocycles. The van der Waals surface area contributed by atoms with E-state index >= 15 is 0 Å². The minimum absolute atomic E-state index is 0.0915. The fourth-order valence-electron chi connectivity index (χ4n) is 3.45. The number of rotatable bonds is 5. The fourth-order valence-corrected chi connectivity index (χ4v) is 3.45. The van der Waals surface area contributed by atoms with Crippen molar-refractivity contribution in [1.82, 2.24) is 0 Å². The Morgan fingerprint density at radius 1 is 1.33 bits per heavy atom. The molecular weight excluding hydrogens is 264 g/mol. The second kappa shape index (κ2) is 6.80. The molecule has 0 aliphatic heterocycles. The van der Waals surface area contributed by atoms with Crippen molar-refractivity contribution in [2.45, 2.75) is 78.7 Å². The van der Waals surface area contributed by atoms with Gasteiger partial charge in [0.2, 0.25) is 0 Å². The monoisotopic (exact) mass is 296 g/mol. The summed E-state index contributed by atoms with van der Waals surface area (Å²) in [6, 6.07) is 0. The molecule has 0 aromatic rings. The first-order chi connectivity index (χ1) is 9.49. The van der Waals surface area contributed by atoms with E-state index in [4.69, 9.17) is 15.9 Å². The second-order valence-corrected chi connectivity index (χ2v) is 8.19. The summed E-state index contributed by atoms with van der Waals surface area (Å²) in [5, 5.41) is 7.49. The number of ether oxygens (including phenoxy) is 1. The topological polar surface area (TPSA) is 76.2 Å². The van der Waals surface area contributed by atoms with E-state index in [9.17, 15) is 4.79 Å². The molecule has 1 aliphatic carbocycles. The highest BCUT2D eigenvalue weighted by Gasteiger charge is 2.36. The summed E-state index contributed by atoms with van der Waals surface area (Å²) in [5.74, 6) is 1.27. The Labute approximate surface area is 129 Å². The smallest absolute Gasteiger partial charge is 0.306 e. The SMILES string of the molecule is CC(C)(C)OC(=O)CCC1CCC(CC(=N)N)C(C)(C)C1. The van der Waals surface area contributed by atoms with Crippen LogP contribution in [0.1, 0.15) is 73.1 Å². The molecule has 0 bridgehead atoms. The number of nitrogens with two attached hydrogens (primary N) is 1. The van der Waals surface area contributed by atoms with E-state index in [1.807, 2.05) is 20.8 Å². The van der Waals surface area contributed by atoms with E-state index in [1.54, 1.807) is 0 Å². The Morgan fingerprint density at radius 2 is 1.95 bits per heavy atom. The normalized spacial score (nSPS) is 25.4. The summed E-state index contributed by atoms with van der Waals surface area (Å²) in [7, 11) is 0. The van der Waals surface area contributed by atoms with Crippen molar-refractivity contribution in [3.05, 3.63) is 0 Å². The van der Waals surface area contributed by atoms with Crippen LogP contribution < -0.4 is 5.73 Å². The van der Waals surface area contributed by atoms with Crippen LogP contribution >= 0.6 is 0 Å². The average molecular weight is 296 g/mol. The van der Waals surface area contributed by atoms with Crippen molar-refractivity contribution in [2.24, 2.45) is 23.0 Å². The molecule has 3 N–H and O–H groups in total. The van der Waals surface area contributed by atoms with Gasteiger partial charge in [-0.2, -0.15) is 0 Å². The van der Waals surface area contributed by atoms with Gasteiger partial charge in [-0.3, -0.25) is 10.2 Å². The van der Waals surface area contributed by atoms with E-state index in [0.717, 1.165) is 25.7 Å². The predicted molar refractivity (Wildman–Crippen MR) is 86.2 cm³/mol. The highest BCUT2D eigenvalue weighted by molar-refractivity contribution is 5.77. The lowest BCUT2D eigenvalue weighted by Gasteiger charge is -2.42. The van der Waals surface area contributed by atoms with Gasteiger partial charge in [0, 0.05) is 12.8 Å². The molecule has 0 heterocycles. The molecule has 1 aliphatic rings. The van der Waals surface area contributed by atoms with Gasteiger partial charge in [0.25, 0.3) is 0 Å². The lowest BCUT2D eigenvalue weighted by Crippen LogP contribution is -2.35. The standard InChI is InChI=1S/C17H32N2O2/c1-16(2,3)21-15(20)9-7-12-6-8-13(10-14(18)19)17(4,5)11-12/h12-13H,6-11H2,1-5H3,(H3,18,19). The zero-order valence-electron chi connectivity index (χ0n) is 14.3. The van der Waals surface area contributed by atoms with E-state index in [0.29, 0.717) is 30.5 Å². The number of carbonyl (C=O) groups is 1.